The van der Waals surface area contributed by atoms with Crippen molar-refractivity contribution >= 4 is 22.8 Å². The van der Waals surface area contributed by atoms with E-state index in [0.717, 1.165) is 56.3 Å². The van der Waals surface area contributed by atoms with Gasteiger partial charge in [0.2, 0.25) is 0 Å². The number of allylic oxidation sites excluding steroid dienone is 4. The van der Waals surface area contributed by atoms with Crippen molar-refractivity contribution in [1.82, 2.24) is 0 Å². The third-order valence-electron chi connectivity index (χ3n) is 10.1. The van der Waals surface area contributed by atoms with Crippen molar-refractivity contribution in [2.24, 2.45) is 9.98 Å². The summed E-state index contributed by atoms with van der Waals surface area (Å²) in [6, 6.07) is 17.7. The van der Waals surface area contributed by atoms with Crippen LogP contribution in [0.5, 0.6) is 0 Å². The molecule has 0 spiro atoms. The van der Waals surface area contributed by atoms with Crippen molar-refractivity contribution in [3.05, 3.63) is 84.0 Å². The van der Waals surface area contributed by atoms with Crippen LogP contribution < -0.4 is 0 Å². The Morgan fingerprint density at radius 1 is 0.404 bits per heavy atom. The fraction of sp³-hybridized carbons (Fsp3) is 0.633. The Labute approximate surface area is 332 Å². The van der Waals surface area contributed by atoms with Gasteiger partial charge in [0.05, 0.1) is 22.8 Å². The molecule has 0 heterocycles. The molecule has 0 aliphatic rings. The molecule has 0 saturated carbocycles. The average molecular weight is 754 g/mol. The fourth-order valence-electron chi connectivity index (χ4n) is 6.78. The predicted octanol–water partition coefficient (Wildman–Crippen LogP) is 16.6. The van der Waals surface area contributed by atoms with E-state index in [-0.39, 0.29) is 16.5 Å². The van der Waals surface area contributed by atoms with Crippen LogP contribution in [-0.4, -0.2) is 11.4 Å². The molecule has 0 aromatic heterocycles. The Bertz CT molecular complexity index is 1240. The van der Waals surface area contributed by atoms with Crippen molar-refractivity contribution in [1.29, 1.82) is 0 Å². The van der Waals surface area contributed by atoms with Crippen LogP contribution in [0.25, 0.3) is 0 Å². The quantitative estimate of drug-likeness (QED) is 0.0308. The number of aliphatic imine (C=N–C) groups is 2. The average Bonchev–Trinajstić information content (AvgIpc) is 3.15. The van der Waals surface area contributed by atoms with Crippen LogP contribution in [0.2, 0.25) is 0 Å². The summed E-state index contributed by atoms with van der Waals surface area (Å²) < 4.78 is 0. The van der Waals surface area contributed by atoms with Gasteiger partial charge in [0.15, 0.2) is 0 Å². The zero-order valence-electron chi connectivity index (χ0n) is 34.2. The molecule has 0 unspecified atom stereocenters. The summed E-state index contributed by atoms with van der Waals surface area (Å²) in [5.74, 6) is 0. The van der Waals surface area contributed by atoms with Crippen LogP contribution >= 0.6 is 0 Å². The smallest absolute Gasteiger partial charge is 0.0665 e. The Balaban J connectivity index is 0.0000135. The Morgan fingerprint density at radius 3 is 1.17 bits per heavy atom. The topological polar surface area (TPSA) is 24.7 Å². The molecular formula is C49H78N2Ni. The molecule has 0 saturated heterocycles. The summed E-state index contributed by atoms with van der Waals surface area (Å²) in [4.78, 5) is 11.0. The van der Waals surface area contributed by atoms with Gasteiger partial charge in [0.25, 0.3) is 0 Å². The molecule has 2 nitrogen and oxygen atoms in total. The fourth-order valence-corrected chi connectivity index (χ4v) is 6.78. The summed E-state index contributed by atoms with van der Waals surface area (Å²) in [5, 5.41) is 0. The molecule has 52 heavy (non-hydrogen) atoms. The summed E-state index contributed by atoms with van der Waals surface area (Å²) in [6.45, 7) is 9.17. The third kappa shape index (κ3) is 23.4. The molecule has 0 atom stereocenters. The third-order valence-corrected chi connectivity index (χ3v) is 10.1. The van der Waals surface area contributed by atoms with Crippen LogP contribution in [0.4, 0.5) is 11.4 Å². The van der Waals surface area contributed by atoms with E-state index in [4.69, 9.17) is 9.98 Å². The molecule has 0 bridgehead atoms. The van der Waals surface area contributed by atoms with E-state index in [9.17, 15) is 0 Å². The minimum Gasteiger partial charge on any atom is -0.251 e. The van der Waals surface area contributed by atoms with Crippen LogP contribution in [0.3, 0.4) is 0 Å². The van der Waals surface area contributed by atoms with Crippen molar-refractivity contribution < 1.29 is 16.5 Å². The van der Waals surface area contributed by atoms with Crippen LogP contribution in [0, 0.1) is 0 Å². The maximum Gasteiger partial charge on any atom is 0.0665 e. The first-order valence-electron chi connectivity index (χ1n) is 21.8. The van der Waals surface area contributed by atoms with E-state index in [1.54, 1.807) is 0 Å². The second-order valence-corrected chi connectivity index (χ2v) is 14.8. The number of para-hydroxylation sites is 2. The molecule has 3 heteroatoms. The molecular weight excluding hydrogens is 675 g/mol. The first-order chi connectivity index (χ1) is 25.2. The number of hydrogen-bond acceptors (Lipinski definition) is 2. The standard InChI is InChI=1S/C49H78N2.Ni/c1-5-9-13-16-18-20-22-24-26-29-36-44-38-32-34-40-46(44)50-48(42-28-12-8-4)49(43-31-15-11-7-3)51-47-41-35-33-39-45(47)37-30-27-25-23-21-19-17-14-10-6-2;/h24-27,32-35,38-41H,5-23,28-31,36-37,42-43H2,1-4H3;/b26-24+,27-25+,50-48-,51-49+;. The number of hydrogen-bond donors (Lipinski definition) is 0. The normalized spacial score (nSPS) is 12.3. The van der Waals surface area contributed by atoms with Gasteiger partial charge >= 0.3 is 0 Å². The Kier molecular flexibility index (Phi) is 31.7. The van der Waals surface area contributed by atoms with Gasteiger partial charge < -0.3 is 0 Å². The molecule has 0 N–H and O–H groups in total. The molecule has 0 aliphatic carbocycles. The van der Waals surface area contributed by atoms with Crippen molar-refractivity contribution in [2.45, 2.75) is 201 Å². The van der Waals surface area contributed by atoms with Crippen LogP contribution in [0.15, 0.2) is 82.8 Å². The summed E-state index contributed by atoms with van der Waals surface area (Å²) in [6.07, 6.45) is 43.2. The van der Waals surface area contributed by atoms with Crippen LogP contribution in [0.1, 0.15) is 199 Å². The maximum absolute atomic E-state index is 5.50. The predicted molar refractivity (Wildman–Crippen MR) is 231 cm³/mol. The van der Waals surface area contributed by atoms with Gasteiger partial charge in [-0.25, -0.2) is 0 Å². The van der Waals surface area contributed by atoms with E-state index >= 15 is 0 Å². The van der Waals surface area contributed by atoms with Gasteiger partial charge in [0, 0.05) is 16.5 Å². The largest absolute Gasteiger partial charge is 0.251 e. The van der Waals surface area contributed by atoms with Gasteiger partial charge in [-0.05, 0) is 100 Å². The second kappa shape index (κ2) is 34.5. The van der Waals surface area contributed by atoms with Gasteiger partial charge in [-0.1, -0.05) is 185 Å². The van der Waals surface area contributed by atoms with Gasteiger partial charge in [-0.3, -0.25) is 9.98 Å². The zero-order valence-corrected chi connectivity index (χ0v) is 35.2. The second-order valence-electron chi connectivity index (χ2n) is 14.8. The van der Waals surface area contributed by atoms with Gasteiger partial charge in [0.1, 0.15) is 0 Å². The molecule has 0 radical (unpaired) electrons. The number of aryl methyl sites for hydroxylation is 2. The minimum absolute atomic E-state index is 0. The molecule has 0 aliphatic heterocycles. The van der Waals surface area contributed by atoms with E-state index in [1.165, 1.54) is 151 Å². The molecule has 2 aromatic rings. The molecule has 294 valence electrons. The number of unbranched alkanes of at least 4 members (excludes halogenated alkanes) is 17. The van der Waals surface area contributed by atoms with E-state index in [0.29, 0.717) is 0 Å². The minimum atomic E-state index is 0. The summed E-state index contributed by atoms with van der Waals surface area (Å²) >= 11 is 0. The van der Waals surface area contributed by atoms with Crippen LogP contribution in [-0.2, 0) is 29.3 Å². The first-order valence-corrected chi connectivity index (χ1v) is 21.8. The van der Waals surface area contributed by atoms with Gasteiger partial charge in [-0.15, -0.1) is 0 Å². The van der Waals surface area contributed by atoms with Crippen molar-refractivity contribution in [3.8, 4) is 0 Å². The van der Waals surface area contributed by atoms with E-state index in [2.05, 4.69) is 101 Å². The maximum atomic E-state index is 5.50. The van der Waals surface area contributed by atoms with Gasteiger partial charge in [-0.2, -0.15) is 0 Å². The summed E-state index contributed by atoms with van der Waals surface area (Å²) in [5.41, 5.74) is 7.40. The van der Waals surface area contributed by atoms with Crippen molar-refractivity contribution in [2.75, 3.05) is 0 Å². The monoisotopic (exact) mass is 753 g/mol. The van der Waals surface area contributed by atoms with E-state index in [1.807, 2.05) is 0 Å². The first kappa shape index (κ1) is 47.8. The number of benzene rings is 2. The van der Waals surface area contributed by atoms with E-state index < -0.39 is 0 Å². The number of nitrogens with zero attached hydrogens (tertiary/aromatic N) is 2. The van der Waals surface area contributed by atoms with Crippen molar-refractivity contribution in [3.63, 3.8) is 0 Å². The molecule has 2 rings (SSSR count). The SMILES string of the molecule is CCCCCCCC/C=C/CCc1ccccc1/N=C(CCCCC)\C(CCCCCC)=N\c1ccccc1CC/C=C/CCCCCCCC.[Ni]. The number of rotatable bonds is 32. The molecule has 0 fully saturated rings. The summed E-state index contributed by atoms with van der Waals surface area (Å²) in [7, 11) is 0. The Hall–Kier alpha value is -2.25. The Morgan fingerprint density at radius 2 is 0.731 bits per heavy atom. The molecule has 2 aromatic carbocycles. The zero-order chi connectivity index (χ0) is 36.5. The molecule has 0 amide bonds.